The minimum Gasteiger partial charge on any atom is -0.497 e. The first-order chi connectivity index (χ1) is 7.05. The molecule has 0 saturated heterocycles. The zero-order valence-corrected chi connectivity index (χ0v) is 11.1. The van der Waals surface area contributed by atoms with Crippen molar-refractivity contribution in [1.29, 1.82) is 0 Å². The van der Waals surface area contributed by atoms with Gasteiger partial charge in [0.05, 0.1) is 7.11 Å². The molecule has 2 rings (SSSR count). The van der Waals surface area contributed by atoms with Crippen LogP contribution in [0.1, 0.15) is 31.4 Å². The van der Waals surface area contributed by atoms with Crippen molar-refractivity contribution < 1.29 is 4.74 Å². The molecule has 1 atom stereocenters. The summed E-state index contributed by atoms with van der Waals surface area (Å²) in [4.78, 5) is 0.560. The van der Waals surface area contributed by atoms with Crippen molar-refractivity contribution in [2.24, 2.45) is 0 Å². The zero-order valence-electron chi connectivity index (χ0n) is 9.51. The number of benzene rings is 1. The van der Waals surface area contributed by atoms with Gasteiger partial charge in [-0.1, -0.05) is 35.8 Å². The second kappa shape index (κ2) is 3.82. The van der Waals surface area contributed by atoms with Crippen LogP contribution in [0, 0.1) is 0 Å². The first-order valence-corrected chi connectivity index (χ1v) is 6.28. The third-order valence-corrected chi connectivity index (χ3v) is 5.06. The van der Waals surface area contributed by atoms with Crippen molar-refractivity contribution in [1.82, 2.24) is 0 Å². The van der Waals surface area contributed by atoms with Crippen molar-refractivity contribution in [3.05, 3.63) is 29.3 Å². The van der Waals surface area contributed by atoms with Crippen LogP contribution in [0.3, 0.4) is 0 Å². The summed E-state index contributed by atoms with van der Waals surface area (Å²) in [6.45, 7) is 4.59. The van der Waals surface area contributed by atoms with E-state index in [0.717, 1.165) is 5.75 Å². The quantitative estimate of drug-likeness (QED) is 0.707. The molecule has 0 saturated carbocycles. The standard InChI is InChI=1S/C13H17BrO/c1-13(2)11-8-10(15-3)6-4-9(11)5-7-12(13)14/h4,6,8,12H,5,7H2,1-3H3/t12-/m0/s1. The average molecular weight is 269 g/mol. The molecule has 0 radical (unpaired) electrons. The Morgan fingerprint density at radius 3 is 2.80 bits per heavy atom. The number of ether oxygens (including phenoxy) is 1. The molecule has 0 bridgehead atoms. The number of aryl methyl sites for hydroxylation is 1. The van der Waals surface area contributed by atoms with Gasteiger partial charge in [-0.3, -0.25) is 0 Å². The van der Waals surface area contributed by atoms with Gasteiger partial charge in [-0.05, 0) is 36.1 Å². The fourth-order valence-corrected chi connectivity index (χ4v) is 2.79. The lowest BCUT2D eigenvalue weighted by molar-refractivity contribution is 0.406. The largest absolute Gasteiger partial charge is 0.497 e. The Bertz CT molecular complexity index is 371. The number of halogens is 1. The molecule has 1 aliphatic rings. The Morgan fingerprint density at radius 2 is 2.13 bits per heavy atom. The second-order valence-electron chi connectivity index (χ2n) is 4.75. The SMILES string of the molecule is COc1ccc2c(c1)C(C)(C)[C@@H](Br)CC2. The molecule has 0 unspecified atom stereocenters. The minimum absolute atomic E-state index is 0.197. The Kier molecular flexibility index (Phi) is 2.80. The van der Waals surface area contributed by atoms with Gasteiger partial charge < -0.3 is 4.74 Å². The summed E-state index contributed by atoms with van der Waals surface area (Å²) in [5.74, 6) is 0.962. The zero-order chi connectivity index (χ0) is 11.1. The van der Waals surface area contributed by atoms with Crippen molar-refractivity contribution in [2.75, 3.05) is 7.11 Å². The smallest absolute Gasteiger partial charge is 0.119 e. The Balaban J connectivity index is 2.51. The number of fused-ring (bicyclic) bond motifs is 1. The fraction of sp³-hybridized carbons (Fsp3) is 0.538. The van der Waals surface area contributed by atoms with Crippen LogP contribution >= 0.6 is 15.9 Å². The van der Waals surface area contributed by atoms with Crippen LogP contribution in [0.5, 0.6) is 5.75 Å². The van der Waals surface area contributed by atoms with E-state index in [1.165, 1.54) is 24.0 Å². The van der Waals surface area contributed by atoms with E-state index in [-0.39, 0.29) is 5.41 Å². The van der Waals surface area contributed by atoms with Gasteiger partial charge in [0.1, 0.15) is 5.75 Å². The minimum atomic E-state index is 0.197. The third kappa shape index (κ3) is 1.80. The molecule has 0 spiro atoms. The number of hydrogen-bond donors (Lipinski definition) is 0. The maximum absolute atomic E-state index is 5.29. The van der Waals surface area contributed by atoms with Gasteiger partial charge in [-0.15, -0.1) is 0 Å². The van der Waals surface area contributed by atoms with Gasteiger partial charge in [0.25, 0.3) is 0 Å². The molecule has 0 N–H and O–H groups in total. The monoisotopic (exact) mass is 268 g/mol. The lowest BCUT2D eigenvalue weighted by atomic mass is 9.72. The first kappa shape index (κ1) is 11.0. The van der Waals surface area contributed by atoms with E-state index in [2.05, 4.69) is 48.0 Å². The van der Waals surface area contributed by atoms with Crippen molar-refractivity contribution in [2.45, 2.75) is 36.9 Å². The highest BCUT2D eigenvalue weighted by Crippen LogP contribution is 2.42. The van der Waals surface area contributed by atoms with Gasteiger partial charge in [0.15, 0.2) is 0 Å². The summed E-state index contributed by atoms with van der Waals surface area (Å²) in [5, 5.41) is 0. The molecule has 0 aromatic heterocycles. The fourth-order valence-electron chi connectivity index (χ4n) is 2.31. The van der Waals surface area contributed by atoms with Crippen LogP contribution in [-0.4, -0.2) is 11.9 Å². The predicted octanol–water partition coefficient (Wildman–Crippen LogP) is 3.68. The average Bonchev–Trinajstić information content (AvgIpc) is 2.24. The number of methoxy groups -OCH3 is 1. The molecule has 1 nitrogen and oxygen atoms in total. The topological polar surface area (TPSA) is 9.23 Å². The Labute approximate surface area is 100.0 Å². The summed E-state index contributed by atoms with van der Waals surface area (Å²) >= 11 is 3.79. The van der Waals surface area contributed by atoms with E-state index in [0.29, 0.717) is 4.83 Å². The Morgan fingerprint density at radius 1 is 1.40 bits per heavy atom. The first-order valence-electron chi connectivity index (χ1n) is 5.37. The van der Waals surface area contributed by atoms with E-state index in [1.54, 1.807) is 7.11 Å². The van der Waals surface area contributed by atoms with E-state index in [1.807, 2.05) is 0 Å². The van der Waals surface area contributed by atoms with Crippen molar-refractivity contribution >= 4 is 15.9 Å². The summed E-state index contributed by atoms with van der Waals surface area (Å²) in [6, 6.07) is 6.45. The van der Waals surface area contributed by atoms with Gasteiger partial charge >= 0.3 is 0 Å². The van der Waals surface area contributed by atoms with E-state index < -0.39 is 0 Å². The second-order valence-corrected chi connectivity index (χ2v) is 5.86. The maximum atomic E-state index is 5.29. The van der Waals surface area contributed by atoms with E-state index in [4.69, 9.17) is 4.74 Å². The summed E-state index contributed by atoms with van der Waals surface area (Å²) in [7, 11) is 1.73. The van der Waals surface area contributed by atoms with E-state index in [9.17, 15) is 0 Å². The van der Waals surface area contributed by atoms with E-state index >= 15 is 0 Å². The molecule has 1 aromatic rings. The van der Waals surface area contributed by atoms with Crippen LogP contribution in [0.15, 0.2) is 18.2 Å². The number of hydrogen-bond acceptors (Lipinski definition) is 1. The van der Waals surface area contributed by atoms with Gasteiger partial charge in [-0.25, -0.2) is 0 Å². The summed E-state index contributed by atoms with van der Waals surface area (Å²) < 4.78 is 5.29. The molecule has 2 heteroatoms. The molecule has 82 valence electrons. The van der Waals surface area contributed by atoms with Crippen LogP contribution < -0.4 is 4.74 Å². The highest BCUT2D eigenvalue weighted by Gasteiger charge is 2.34. The summed E-state index contributed by atoms with van der Waals surface area (Å²) in [5.41, 5.74) is 3.09. The van der Waals surface area contributed by atoms with Crippen LogP contribution in [-0.2, 0) is 11.8 Å². The maximum Gasteiger partial charge on any atom is 0.119 e. The molecule has 0 fully saturated rings. The van der Waals surface area contributed by atoms with Crippen LogP contribution in [0.2, 0.25) is 0 Å². The van der Waals surface area contributed by atoms with Gasteiger partial charge in [0.2, 0.25) is 0 Å². The van der Waals surface area contributed by atoms with Crippen molar-refractivity contribution in [3.63, 3.8) is 0 Å². The number of alkyl halides is 1. The molecule has 0 aliphatic heterocycles. The van der Waals surface area contributed by atoms with Crippen LogP contribution in [0.4, 0.5) is 0 Å². The third-order valence-electron chi connectivity index (χ3n) is 3.46. The summed E-state index contributed by atoms with van der Waals surface area (Å²) in [6.07, 6.45) is 2.38. The molecule has 15 heavy (non-hydrogen) atoms. The van der Waals surface area contributed by atoms with Gasteiger partial charge in [-0.2, -0.15) is 0 Å². The molecule has 1 aromatic carbocycles. The molecule has 0 amide bonds. The predicted molar refractivity (Wildman–Crippen MR) is 67.1 cm³/mol. The van der Waals surface area contributed by atoms with Crippen LogP contribution in [0.25, 0.3) is 0 Å². The number of rotatable bonds is 1. The molecule has 1 aliphatic carbocycles. The van der Waals surface area contributed by atoms with Crippen molar-refractivity contribution in [3.8, 4) is 5.75 Å². The highest BCUT2D eigenvalue weighted by atomic mass is 79.9. The lowest BCUT2D eigenvalue weighted by Crippen LogP contribution is -2.34. The molecular formula is C13H17BrO. The highest BCUT2D eigenvalue weighted by molar-refractivity contribution is 9.09. The normalized spacial score (nSPS) is 23.3. The molecular weight excluding hydrogens is 252 g/mol. The lowest BCUT2D eigenvalue weighted by Gasteiger charge is -2.37. The molecule has 0 heterocycles. The van der Waals surface area contributed by atoms with Gasteiger partial charge in [0, 0.05) is 10.2 Å². The Hall–Kier alpha value is -0.500.